The summed E-state index contributed by atoms with van der Waals surface area (Å²) in [7, 11) is 0. The Morgan fingerprint density at radius 2 is 2.00 bits per heavy atom. The van der Waals surface area contributed by atoms with Crippen LogP contribution in [0, 0.1) is 0 Å². The summed E-state index contributed by atoms with van der Waals surface area (Å²) < 4.78 is 2.17. The third-order valence-corrected chi connectivity index (χ3v) is 6.91. The van der Waals surface area contributed by atoms with Crippen molar-refractivity contribution < 1.29 is 4.79 Å². The van der Waals surface area contributed by atoms with E-state index in [2.05, 4.69) is 32.0 Å². The van der Waals surface area contributed by atoms with Gasteiger partial charge in [0.2, 0.25) is 5.91 Å². The van der Waals surface area contributed by atoms with Gasteiger partial charge in [0.25, 0.3) is 0 Å². The van der Waals surface area contributed by atoms with E-state index < -0.39 is 0 Å². The van der Waals surface area contributed by atoms with Crippen molar-refractivity contribution in [2.45, 2.75) is 56.6 Å². The molecule has 0 bridgehead atoms. The molecule has 1 aliphatic rings. The fourth-order valence-electron chi connectivity index (χ4n) is 3.72. The van der Waals surface area contributed by atoms with Gasteiger partial charge in [-0.1, -0.05) is 61.4 Å². The Kier molecular flexibility index (Phi) is 6.61. The Morgan fingerprint density at radius 3 is 2.76 bits per heavy atom. The zero-order valence-corrected chi connectivity index (χ0v) is 18.1. The highest BCUT2D eigenvalue weighted by molar-refractivity contribution is 7.99. The monoisotopic (exact) mass is 427 g/mol. The second kappa shape index (κ2) is 9.54. The van der Waals surface area contributed by atoms with Gasteiger partial charge in [-0.2, -0.15) is 0 Å². The van der Waals surface area contributed by atoms with Crippen molar-refractivity contribution in [1.29, 1.82) is 0 Å². The number of carbonyl (C=O) groups excluding carboxylic acids is 1. The number of amides is 1. The van der Waals surface area contributed by atoms with Crippen LogP contribution in [0.3, 0.4) is 0 Å². The maximum Gasteiger partial charge on any atom is 0.236 e. The quantitative estimate of drug-likeness (QED) is 0.525. The van der Waals surface area contributed by atoms with E-state index >= 15 is 0 Å². The molecule has 0 unspecified atom stereocenters. The lowest BCUT2D eigenvalue weighted by Crippen LogP contribution is -2.15. The molecule has 1 aliphatic carbocycles. The number of benzene rings is 1. The molecule has 0 radical (unpaired) electrons. The maximum absolute atomic E-state index is 12.4. The summed E-state index contributed by atoms with van der Waals surface area (Å²) in [6.45, 7) is 2.94. The lowest BCUT2D eigenvalue weighted by Gasteiger charge is -2.21. The van der Waals surface area contributed by atoms with Crippen LogP contribution in [0.2, 0.25) is 0 Å². The molecule has 0 saturated heterocycles. The van der Waals surface area contributed by atoms with Gasteiger partial charge in [-0.15, -0.1) is 21.5 Å². The molecule has 29 heavy (non-hydrogen) atoms. The number of nitrogens with one attached hydrogen (secondary N) is 1. The summed E-state index contributed by atoms with van der Waals surface area (Å²) >= 11 is 2.88. The van der Waals surface area contributed by atoms with Gasteiger partial charge in [0, 0.05) is 23.4 Å². The molecule has 152 valence electrons. The molecule has 2 heterocycles. The molecule has 2 aromatic heterocycles. The Bertz CT molecular complexity index is 947. The third kappa shape index (κ3) is 4.87. The Hall–Kier alpha value is -2.19. The summed E-state index contributed by atoms with van der Waals surface area (Å²) in [6.07, 6.45) is 6.24. The highest BCUT2D eigenvalue weighted by atomic mass is 32.2. The van der Waals surface area contributed by atoms with E-state index in [1.807, 2.05) is 35.7 Å². The van der Waals surface area contributed by atoms with Crippen molar-refractivity contribution in [2.75, 3.05) is 11.1 Å². The fourth-order valence-corrected chi connectivity index (χ4v) is 5.27. The number of thiazole rings is 1. The first-order valence-electron chi connectivity index (χ1n) is 10.1. The average molecular weight is 428 g/mol. The van der Waals surface area contributed by atoms with Crippen molar-refractivity contribution in [2.24, 2.45) is 0 Å². The van der Waals surface area contributed by atoms with Gasteiger partial charge in [-0.3, -0.25) is 4.79 Å². The third-order valence-electron chi connectivity index (χ3n) is 5.18. The first-order valence-corrected chi connectivity index (χ1v) is 12.0. The van der Waals surface area contributed by atoms with Crippen molar-refractivity contribution in [3.8, 4) is 11.3 Å². The second-order valence-electron chi connectivity index (χ2n) is 7.16. The minimum absolute atomic E-state index is 0.0752. The van der Waals surface area contributed by atoms with Gasteiger partial charge in [0.15, 0.2) is 10.3 Å². The molecule has 8 heteroatoms. The van der Waals surface area contributed by atoms with Gasteiger partial charge < -0.3 is 9.88 Å². The van der Waals surface area contributed by atoms with Crippen LogP contribution >= 0.6 is 23.1 Å². The SMILES string of the molecule is CCn1c(SCC(=O)Nc2nc(-c3ccccc3)cs2)nnc1C1CCCCC1. The smallest absolute Gasteiger partial charge is 0.236 e. The van der Waals surface area contributed by atoms with Gasteiger partial charge in [-0.25, -0.2) is 4.98 Å². The number of carbonyl (C=O) groups is 1. The number of thioether (sulfide) groups is 1. The predicted molar refractivity (Wildman–Crippen MR) is 118 cm³/mol. The van der Waals surface area contributed by atoms with Gasteiger partial charge in [-0.05, 0) is 19.8 Å². The minimum Gasteiger partial charge on any atom is -0.306 e. The molecule has 0 spiro atoms. The first kappa shape index (κ1) is 20.1. The number of anilines is 1. The van der Waals surface area contributed by atoms with Crippen molar-refractivity contribution in [3.63, 3.8) is 0 Å². The number of nitrogens with zero attached hydrogens (tertiary/aromatic N) is 4. The van der Waals surface area contributed by atoms with E-state index in [1.54, 1.807) is 0 Å². The lowest BCUT2D eigenvalue weighted by atomic mass is 9.89. The topological polar surface area (TPSA) is 72.7 Å². The minimum atomic E-state index is -0.0752. The molecule has 1 amide bonds. The maximum atomic E-state index is 12.4. The van der Waals surface area contributed by atoms with E-state index in [0.717, 1.165) is 28.8 Å². The van der Waals surface area contributed by atoms with E-state index in [-0.39, 0.29) is 5.91 Å². The predicted octanol–water partition coefficient (Wildman–Crippen LogP) is 5.20. The van der Waals surface area contributed by atoms with Crippen molar-refractivity contribution >= 4 is 34.1 Å². The summed E-state index contributed by atoms with van der Waals surface area (Å²) in [6, 6.07) is 9.96. The summed E-state index contributed by atoms with van der Waals surface area (Å²) in [4.78, 5) is 16.9. The number of rotatable bonds is 7. The summed E-state index contributed by atoms with van der Waals surface area (Å²) in [5, 5.41) is 15.1. The first-order chi connectivity index (χ1) is 14.2. The zero-order chi connectivity index (χ0) is 20.1. The Morgan fingerprint density at radius 1 is 1.21 bits per heavy atom. The largest absolute Gasteiger partial charge is 0.306 e. The van der Waals surface area contributed by atoms with Crippen LogP contribution in [-0.4, -0.2) is 31.4 Å². The molecular weight excluding hydrogens is 402 g/mol. The van der Waals surface area contributed by atoms with Crippen LogP contribution < -0.4 is 5.32 Å². The average Bonchev–Trinajstić information content (AvgIpc) is 3.40. The normalized spacial score (nSPS) is 14.8. The molecule has 1 saturated carbocycles. The molecule has 1 N–H and O–H groups in total. The Balaban J connectivity index is 1.35. The number of aromatic nitrogens is 4. The zero-order valence-electron chi connectivity index (χ0n) is 16.5. The van der Waals surface area contributed by atoms with Crippen LogP contribution in [0.5, 0.6) is 0 Å². The van der Waals surface area contributed by atoms with Gasteiger partial charge >= 0.3 is 0 Å². The molecule has 6 nitrogen and oxygen atoms in total. The van der Waals surface area contributed by atoms with Crippen molar-refractivity contribution in [1.82, 2.24) is 19.7 Å². The second-order valence-corrected chi connectivity index (χ2v) is 8.96. The molecular formula is C21H25N5OS2. The van der Waals surface area contributed by atoms with Crippen LogP contribution in [0.15, 0.2) is 40.9 Å². The highest BCUT2D eigenvalue weighted by Crippen LogP contribution is 2.33. The molecule has 1 aromatic carbocycles. The van der Waals surface area contributed by atoms with E-state index in [0.29, 0.717) is 16.8 Å². The van der Waals surface area contributed by atoms with Crippen LogP contribution in [0.1, 0.15) is 50.8 Å². The van der Waals surface area contributed by atoms with Crippen molar-refractivity contribution in [3.05, 3.63) is 41.5 Å². The van der Waals surface area contributed by atoms with Gasteiger partial charge in [0.1, 0.15) is 5.82 Å². The number of hydrogen-bond acceptors (Lipinski definition) is 6. The van der Waals surface area contributed by atoms with Crippen LogP contribution in [0.25, 0.3) is 11.3 Å². The van der Waals surface area contributed by atoms with Gasteiger partial charge in [0.05, 0.1) is 11.4 Å². The standard InChI is InChI=1S/C21H25N5OS2/c1-2-26-19(16-11-7-4-8-12-16)24-25-21(26)29-14-18(27)23-20-22-17(13-28-20)15-9-5-3-6-10-15/h3,5-6,9-10,13,16H,2,4,7-8,11-12,14H2,1H3,(H,22,23,27). The molecule has 1 fully saturated rings. The van der Waals surface area contributed by atoms with E-state index in [9.17, 15) is 4.79 Å². The van der Waals surface area contributed by atoms with E-state index in [4.69, 9.17) is 0 Å². The van der Waals surface area contributed by atoms with Crippen LogP contribution in [0.4, 0.5) is 5.13 Å². The lowest BCUT2D eigenvalue weighted by molar-refractivity contribution is -0.113. The number of hydrogen-bond donors (Lipinski definition) is 1. The molecule has 4 rings (SSSR count). The Labute approximate surface area is 179 Å². The van der Waals surface area contributed by atoms with E-state index in [1.165, 1.54) is 55.2 Å². The summed E-state index contributed by atoms with van der Waals surface area (Å²) in [5.74, 6) is 1.81. The molecule has 0 atom stereocenters. The molecule has 0 aliphatic heterocycles. The highest BCUT2D eigenvalue weighted by Gasteiger charge is 2.23. The van der Waals surface area contributed by atoms with Crippen LogP contribution in [-0.2, 0) is 11.3 Å². The summed E-state index contributed by atoms with van der Waals surface area (Å²) in [5.41, 5.74) is 1.92. The fraction of sp³-hybridized carbons (Fsp3) is 0.429. The molecule has 3 aromatic rings.